The molecular formula is C22H26N2O2S3. The Morgan fingerprint density at radius 2 is 2.21 bits per heavy atom. The van der Waals surface area contributed by atoms with Gasteiger partial charge < -0.3 is 5.32 Å². The van der Waals surface area contributed by atoms with Crippen molar-refractivity contribution in [1.29, 1.82) is 0 Å². The van der Waals surface area contributed by atoms with Crippen LogP contribution >= 0.6 is 35.3 Å². The van der Waals surface area contributed by atoms with Crippen LogP contribution in [-0.2, 0) is 9.59 Å². The molecule has 4 aliphatic rings. The predicted octanol–water partition coefficient (Wildman–Crippen LogP) is 4.81. The number of carbonyl (C=O) groups is 2. The van der Waals surface area contributed by atoms with Crippen LogP contribution in [0.15, 0.2) is 22.4 Å². The minimum atomic E-state index is -0.0768. The van der Waals surface area contributed by atoms with E-state index in [1.54, 1.807) is 16.2 Å². The number of thioether (sulfide) groups is 1. The highest BCUT2D eigenvalue weighted by Crippen LogP contribution is 2.54. The number of nitrogens with one attached hydrogen (secondary N) is 1. The lowest BCUT2D eigenvalue weighted by Gasteiger charge is -2.55. The van der Waals surface area contributed by atoms with Crippen LogP contribution < -0.4 is 5.32 Å². The molecule has 4 fully saturated rings. The van der Waals surface area contributed by atoms with Gasteiger partial charge in [0.25, 0.3) is 5.91 Å². The van der Waals surface area contributed by atoms with Crippen LogP contribution in [0.5, 0.6) is 0 Å². The lowest BCUT2D eigenvalue weighted by molar-refractivity contribution is -0.127. The highest BCUT2D eigenvalue weighted by atomic mass is 32.2. The summed E-state index contributed by atoms with van der Waals surface area (Å²) in [5.41, 5.74) is 0.0100. The zero-order chi connectivity index (χ0) is 20.0. The van der Waals surface area contributed by atoms with Gasteiger partial charge in [0.2, 0.25) is 5.91 Å². The largest absolute Gasteiger partial charge is 0.351 e. The average molecular weight is 447 g/mol. The summed E-state index contributed by atoms with van der Waals surface area (Å²) >= 11 is 8.34. The Labute approximate surface area is 185 Å². The molecule has 1 aromatic rings. The number of thiophene rings is 1. The summed E-state index contributed by atoms with van der Waals surface area (Å²) in [5.74, 6) is 2.49. The molecule has 1 aromatic heterocycles. The minimum Gasteiger partial charge on any atom is -0.351 e. The van der Waals surface area contributed by atoms with Crippen molar-refractivity contribution in [2.45, 2.75) is 56.9 Å². The van der Waals surface area contributed by atoms with Crippen molar-refractivity contribution in [3.63, 3.8) is 0 Å². The van der Waals surface area contributed by atoms with Crippen LogP contribution in [0.4, 0.5) is 0 Å². The first-order valence-corrected chi connectivity index (χ1v) is 12.7. The fourth-order valence-electron chi connectivity index (χ4n) is 5.97. The molecule has 0 radical (unpaired) electrons. The standard InChI is InChI=1S/C22H26N2O2S3/c25-19(23-22-7-5-15-4-3-14(12-22)10-16(15)13-22)6-8-24-20(26)18(29-21(24)27)11-17-2-1-9-28-17/h1-2,9,11,14-16H,3-8,10,12-13H2,(H,23,25)/b18-11-. The van der Waals surface area contributed by atoms with Crippen LogP contribution in [0.1, 0.15) is 56.2 Å². The maximum atomic E-state index is 12.8. The van der Waals surface area contributed by atoms with E-state index in [9.17, 15) is 9.59 Å². The Kier molecular flexibility index (Phi) is 5.33. The molecule has 0 aromatic carbocycles. The minimum absolute atomic E-state index is 0.0100. The third-order valence-electron chi connectivity index (χ3n) is 7.23. The van der Waals surface area contributed by atoms with Crippen LogP contribution in [0.3, 0.4) is 0 Å². The Balaban J connectivity index is 1.19. The van der Waals surface area contributed by atoms with E-state index in [4.69, 9.17) is 12.2 Å². The molecule has 4 nitrogen and oxygen atoms in total. The number of thiocarbonyl (C=S) groups is 1. The number of hydrogen-bond donors (Lipinski definition) is 1. The van der Waals surface area contributed by atoms with Crippen molar-refractivity contribution in [2.24, 2.45) is 17.8 Å². The Bertz CT molecular complexity index is 861. The quantitative estimate of drug-likeness (QED) is 0.521. The fraction of sp³-hybridized carbons (Fsp3) is 0.591. The van der Waals surface area contributed by atoms with Crippen molar-refractivity contribution in [2.75, 3.05) is 6.54 Å². The molecule has 1 N–H and O–H groups in total. The molecule has 3 aliphatic carbocycles. The van der Waals surface area contributed by atoms with Crippen molar-refractivity contribution >= 4 is 57.5 Å². The fourth-order valence-corrected chi connectivity index (χ4v) is 8.01. The van der Waals surface area contributed by atoms with Crippen LogP contribution in [0.25, 0.3) is 6.08 Å². The summed E-state index contributed by atoms with van der Waals surface area (Å²) in [7, 11) is 0. The van der Waals surface area contributed by atoms with Gasteiger partial charge in [0, 0.05) is 23.4 Å². The highest BCUT2D eigenvalue weighted by molar-refractivity contribution is 8.26. The second kappa shape index (κ2) is 7.82. The SMILES string of the molecule is O=C(CCN1C(=O)/C(=C/c2cccs2)SC1=S)NC12CCC3CCC(CC3C1)C2. The lowest BCUT2D eigenvalue weighted by atomic mass is 9.54. The first kappa shape index (κ1) is 19.8. The van der Waals surface area contributed by atoms with Gasteiger partial charge >= 0.3 is 0 Å². The molecule has 2 heterocycles. The molecule has 0 spiro atoms. The van der Waals surface area contributed by atoms with E-state index in [1.807, 2.05) is 23.6 Å². The molecule has 29 heavy (non-hydrogen) atoms. The first-order valence-electron chi connectivity index (χ1n) is 10.6. The molecule has 154 valence electrons. The summed E-state index contributed by atoms with van der Waals surface area (Å²) in [4.78, 5) is 28.8. The highest BCUT2D eigenvalue weighted by Gasteiger charge is 2.49. The zero-order valence-electron chi connectivity index (χ0n) is 16.4. The molecule has 3 bridgehead atoms. The van der Waals surface area contributed by atoms with Gasteiger partial charge in [0.05, 0.1) is 4.91 Å². The Morgan fingerprint density at radius 3 is 3.03 bits per heavy atom. The maximum Gasteiger partial charge on any atom is 0.266 e. The van der Waals surface area contributed by atoms with Gasteiger partial charge in [0.1, 0.15) is 4.32 Å². The Hall–Kier alpha value is -1.18. The number of hydrogen-bond acceptors (Lipinski definition) is 5. The second-order valence-electron chi connectivity index (χ2n) is 9.07. The van der Waals surface area contributed by atoms with Crippen LogP contribution in [-0.4, -0.2) is 33.1 Å². The van der Waals surface area contributed by atoms with Crippen molar-refractivity contribution in [3.05, 3.63) is 27.3 Å². The second-order valence-corrected chi connectivity index (χ2v) is 11.7. The third kappa shape index (κ3) is 3.93. The van der Waals surface area contributed by atoms with Gasteiger partial charge in [-0.3, -0.25) is 14.5 Å². The zero-order valence-corrected chi connectivity index (χ0v) is 18.8. The average Bonchev–Trinajstić information content (AvgIpc) is 3.27. The molecule has 5 rings (SSSR count). The van der Waals surface area contributed by atoms with E-state index in [1.165, 1.54) is 37.4 Å². The molecule has 1 aliphatic heterocycles. The van der Waals surface area contributed by atoms with Gasteiger partial charge in [-0.05, 0) is 73.8 Å². The number of carbonyl (C=O) groups excluding carboxylic acids is 2. The predicted molar refractivity (Wildman–Crippen MR) is 122 cm³/mol. The summed E-state index contributed by atoms with van der Waals surface area (Å²) in [5, 5.41) is 5.40. The van der Waals surface area contributed by atoms with Gasteiger partial charge in [-0.15, -0.1) is 11.3 Å². The Morgan fingerprint density at radius 1 is 1.31 bits per heavy atom. The van der Waals surface area contributed by atoms with E-state index in [-0.39, 0.29) is 17.4 Å². The van der Waals surface area contributed by atoms with E-state index in [2.05, 4.69) is 5.32 Å². The van der Waals surface area contributed by atoms with Gasteiger partial charge in [-0.2, -0.15) is 0 Å². The molecule has 1 saturated heterocycles. The first-order chi connectivity index (χ1) is 14.0. The van der Waals surface area contributed by atoms with Crippen LogP contribution in [0.2, 0.25) is 0 Å². The summed E-state index contributed by atoms with van der Waals surface area (Å²) in [6, 6.07) is 3.95. The molecule has 4 unspecified atom stereocenters. The number of fused-ring (bicyclic) bond motifs is 2. The molecule has 3 saturated carbocycles. The third-order valence-corrected chi connectivity index (χ3v) is 9.43. The molecule has 7 heteroatoms. The van der Waals surface area contributed by atoms with Gasteiger partial charge in [0.15, 0.2) is 0 Å². The normalized spacial score (nSPS) is 34.8. The number of nitrogens with zero attached hydrogens (tertiary/aromatic N) is 1. The van der Waals surface area contributed by atoms with E-state index in [0.29, 0.717) is 22.2 Å². The smallest absolute Gasteiger partial charge is 0.266 e. The number of amides is 2. The van der Waals surface area contributed by atoms with Gasteiger partial charge in [-0.1, -0.05) is 36.5 Å². The van der Waals surface area contributed by atoms with Crippen LogP contribution in [0, 0.1) is 17.8 Å². The molecule has 4 atom stereocenters. The van der Waals surface area contributed by atoms with Gasteiger partial charge in [-0.25, -0.2) is 0 Å². The molecule has 2 amide bonds. The van der Waals surface area contributed by atoms with Crippen molar-refractivity contribution < 1.29 is 9.59 Å². The summed E-state index contributed by atoms with van der Waals surface area (Å²) in [6.45, 7) is 0.365. The van der Waals surface area contributed by atoms with E-state index >= 15 is 0 Å². The molecular weight excluding hydrogens is 420 g/mol. The number of rotatable bonds is 5. The van der Waals surface area contributed by atoms with Crippen molar-refractivity contribution in [3.8, 4) is 0 Å². The monoisotopic (exact) mass is 446 g/mol. The lowest BCUT2D eigenvalue weighted by Crippen LogP contribution is -2.58. The topological polar surface area (TPSA) is 49.4 Å². The maximum absolute atomic E-state index is 12.8. The van der Waals surface area contributed by atoms with Crippen molar-refractivity contribution in [1.82, 2.24) is 10.2 Å². The summed E-state index contributed by atoms with van der Waals surface area (Å²) < 4.78 is 0.552. The van der Waals surface area contributed by atoms with E-state index < -0.39 is 0 Å². The van der Waals surface area contributed by atoms with E-state index in [0.717, 1.165) is 41.9 Å². The summed E-state index contributed by atoms with van der Waals surface area (Å²) in [6.07, 6.45) is 11.0.